The smallest absolute Gasteiger partial charge is 0.120 e. The van der Waals surface area contributed by atoms with Crippen LogP contribution in [-0.2, 0) is 17.7 Å². The number of benzene rings is 1. The van der Waals surface area contributed by atoms with Crippen molar-refractivity contribution in [1.82, 2.24) is 4.90 Å². The number of phenols is 1. The summed E-state index contributed by atoms with van der Waals surface area (Å²) >= 11 is 0. The molecule has 0 amide bonds. The van der Waals surface area contributed by atoms with Crippen LogP contribution in [0.25, 0.3) is 0 Å². The maximum absolute atomic E-state index is 9.91. The number of hydrogen-bond donors (Lipinski definition) is 2. The summed E-state index contributed by atoms with van der Waals surface area (Å²) < 4.78 is 5.32. The number of halogens is 1. The van der Waals surface area contributed by atoms with Gasteiger partial charge < -0.3 is 15.6 Å². The summed E-state index contributed by atoms with van der Waals surface area (Å²) in [6, 6.07) is 5.93. The number of ether oxygens (including phenoxy) is 1. The molecule has 1 unspecified atom stereocenters. The van der Waals surface area contributed by atoms with E-state index in [2.05, 4.69) is 11.0 Å². The van der Waals surface area contributed by atoms with E-state index >= 15 is 0 Å². The lowest BCUT2D eigenvalue weighted by molar-refractivity contribution is 0.0339. The van der Waals surface area contributed by atoms with Gasteiger partial charge >= 0.3 is 0 Å². The third-order valence-electron chi connectivity index (χ3n) is 3.20. The molecular formula is C14H23ClN2O2. The predicted octanol–water partition coefficient (Wildman–Crippen LogP) is 1.54. The Morgan fingerprint density at radius 1 is 1.37 bits per heavy atom. The van der Waals surface area contributed by atoms with Crippen molar-refractivity contribution in [2.24, 2.45) is 5.73 Å². The first-order chi connectivity index (χ1) is 8.65. The highest BCUT2D eigenvalue weighted by atomic mass is 35.5. The minimum absolute atomic E-state index is 0. The van der Waals surface area contributed by atoms with Gasteiger partial charge in [0.15, 0.2) is 0 Å². The maximum atomic E-state index is 9.91. The Balaban J connectivity index is 0.00000180. The van der Waals surface area contributed by atoms with Crippen LogP contribution in [0.15, 0.2) is 18.2 Å². The molecule has 0 saturated carbocycles. The van der Waals surface area contributed by atoms with Crippen LogP contribution in [0.5, 0.6) is 5.75 Å². The number of nitrogens with zero attached hydrogens (tertiary/aromatic N) is 1. The van der Waals surface area contributed by atoms with Gasteiger partial charge in [-0.2, -0.15) is 0 Å². The van der Waals surface area contributed by atoms with Crippen LogP contribution in [0.1, 0.15) is 18.1 Å². The van der Waals surface area contributed by atoms with Crippen LogP contribution in [0.4, 0.5) is 0 Å². The fourth-order valence-corrected chi connectivity index (χ4v) is 2.26. The molecule has 2 rings (SSSR count). The van der Waals surface area contributed by atoms with Gasteiger partial charge in [0.25, 0.3) is 0 Å². The average molecular weight is 287 g/mol. The lowest BCUT2D eigenvalue weighted by atomic mass is 10.0. The monoisotopic (exact) mass is 286 g/mol. The van der Waals surface area contributed by atoms with Gasteiger partial charge in [-0.3, -0.25) is 4.90 Å². The standard InChI is InChI=1S/C14H22N2O2.ClH/c1-11(15)8-12-2-3-14(17)13(9-12)10-16-4-6-18-7-5-16;/h2-3,9,11,17H,4-8,10,15H2,1H3;1H. The molecule has 0 bridgehead atoms. The lowest BCUT2D eigenvalue weighted by Gasteiger charge is -2.27. The summed E-state index contributed by atoms with van der Waals surface area (Å²) in [5.74, 6) is 0.370. The Labute approximate surface area is 121 Å². The Bertz CT molecular complexity index is 393. The predicted molar refractivity (Wildman–Crippen MR) is 78.8 cm³/mol. The fourth-order valence-electron chi connectivity index (χ4n) is 2.26. The van der Waals surface area contributed by atoms with Gasteiger partial charge in [-0.1, -0.05) is 12.1 Å². The van der Waals surface area contributed by atoms with E-state index in [1.165, 1.54) is 5.56 Å². The van der Waals surface area contributed by atoms with Crippen molar-refractivity contribution in [1.29, 1.82) is 0 Å². The first-order valence-electron chi connectivity index (χ1n) is 6.51. The highest BCUT2D eigenvalue weighted by Gasteiger charge is 2.13. The molecule has 4 nitrogen and oxygen atoms in total. The topological polar surface area (TPSA) is 58.7 Å². The number of hydrogen-bond acceptors (Lipinski definition) is 4. The van der Waals surface area contributed by atoms with Crippen LogP contribution >= 0.6 is 12.4 Å². The quantitative estimate of drug-likeness (QED) is 0.881. The highest BCUT2D eigenvalue weighted by molar-refractivity contribution is 5.85. The van der Waals surface area contributed by atoms with Crippen molar-refractivity contribution in [3.8, 4) is 5.75 Å². The molecule has 19 heavy (non-hydrogen) atoms. The van der Waals surface area contributed by atoms with E-state index in [1.54, 1.807) is 6.07 Å². The van der Waals surface area contributed by atoms with Crippen LogP contribution < -0.4 is 5.73 Å². The molecule has 0 aromatic heterocycles. The van der Waals surface area contributed by atoms with Crippen molar-refractivity contribution in [2.45, 2.75) is 25.9 Å². The molecule has 1 aromatic carbocycles. The van der Waals surface area contributed by atoms with E-state index in [1.807, 2.05) is 13.0 Å². The number of phenolic OH excluding ortho intramolecular Hbond substituents is 1. The molecule has 1 aliphatic heterocycles. The minimum atomic E-state index is 0. The molecule has 1 aliphatic rings. The van der Waals surface area contributed by atoms with Crippen molar-refractivity contribution in [3.05, 3.63) is 29.3 Å². The number of morpholine rings is 1. The average Bonchev–Trinajstić information content (AvgIpc) is 2.34. The zero-order valence-corrected chi connectivity index (χ0v) is 12.2. The molecular weight excluding hydrogens is 264 g/mol. The Hall–Kier alpha value is -0.810. The van der Waals surface area contributed by atoms with E-state index in [4.69, 9.17) is 10.5 Å². The number of aromatic hydroxyl groups is 1. The molecule has 1 saturated heterocycles. The van der Waals surface area contributed by atoms with Gasteiger partial charge in [-0.05, 0) is 25.0 Å². The molecule has 1 heterocycles. The van der Waals surface area contributed by atoms with Crippen LogP contribution in [-0.4, -0.2) is 42.4 Å². The summed E-state index contributed by atoms with van der Waals surface area (Å²) in [4.78, 5) is 2.30. The first kappa shape index (κ1) is 16.2. The highest BCUT2D eigenvalue weighted by Crippen LogP contribution is 2.21. The molecule has 3 N–H and O–H groups in total. The van der Waals surface area contributed by atoms with E-state index in [0.717, 1.165) is 44.8 Å². The summed E-state index contributed by atoms with van der Waals surface area (Å²) in [6.07, 6.45) is 0.844. The van der Waals surface area contributed by atoms with Gasteiger partial charge in [0, 0.05) is 31.2 Å². The van der Waals surface area contributed by atoms with Crippen molar-refractivity contribution < 1.29 is 9.84 Å². The molecule has 1 aromatic rings. The summed E-state index contributed by atoms with van der Waals surface area (Å²) in [5.41, 5.74) is 7.98. The lowest BCUT2D eigenvalue weighted by Crippen LogP contribution is -2.35. The fraction of sp³-hybridized carbons (Fsp3) is 0.571. The summed E-state index contributed by atoms with van der Waals surface area (Å²) in [6.45, 7) is 6.19. The van der Waals surface area contributed by atoms with Gasteiger partial charge in [0.2, 0.25) is 0 Å². The molecule has 0 spiro atoms. The van der Waals surface area contributed by atoms with Crippen molar-refractivity contribution >= 4 is 12.4 Å². The Kier molecular flexibility index (Phi) is 6.58. The molecule has 1 fully saturated rings. The zero-order chi connectivity index (χ0) is 13.0. The molecule has 0 radical (unpaired) electrons. The maximum Gasteiger partial charge on any atom is 0.120 e. The van der Waals surface area contributed by atoms with E-state index in [-0.39, 0.29) is 18.4 Å². The third kappa shape index (κ3) is 4.99. The normalized spacial score (nSPS) is 17.8. The molecule has 1 atom stereocenters. The summed E-state index contributed by atoms with van der Waals surface area (Å²) in [7, 11) is 0. The Morgan fingerprint density at radius 2 is 2.05 bits per heavy atom. The molecule has 108 valence electrons. The largest absolute Gasteiger partial charge is 0.508 e. The molecule has 0 aliphatic carbocycles. The van der Waals surface area contributed by atoms with E-state index in [0.29, 0.717) is 5.75 Å². The second-order valence-corrected chi connectivity index (χ2v) is 5.03. The van der Waals surface area contributed by atoms with Crippen LogP contribution in [0, 0.1) is 0 Å². The van der Waals surface area contributed by atoms with Gasteiger partial charge in [-0.15, -0.1) is 12.4 Å². The SMILES string of the molecule is CC(N)Cc1ccc(O)c(CN2CCOCC2)c1.Cl. The van der Waals surface area contributed by atoms with Gasteiger partial charge in [0.1, 0.15) is 5.75 Å². The van der Waals surface area contributed by atoms with E-state index in [9.17, 15) is 5.11 Å². The minimum Gasteiger partial charge on any atom is -0.508 e. The third-order valence-corrected chi connectivity index (χ3v) is 3.20. The second-order valence-electron chi connectivity index (χ2n) is 5.03. The van der Waals surface area contributed by atoms with Gasteiger partial charge in [-0.25, -0.2) is 0 Å². The Morgan fingerprint density at radius 3 is 2.68 bits per heavy atom. The first-order valence-corrected chi connectivity index (χ1v) is 6.51. The van der Waals surface area contributed by atoms with Crippen LogP contribution in [0.2, 0.25) is 0 Å². The van der Waals surface area contributed by atoms with Crippen LogP contribution in [0.3, 0.4) is 0 Å². The molecule has 5 heteroatoms. The second kappa shape index (κ2) is 7.70. The summed E-state index contributed by atoms with van der Waals surface area (Å²) in [5, 5.41) is 9.91. The van der Waals surface area contributed by atoms with Crippen molar-refractivity contribution in [2.75, 3.05) is 26.3 Å². The number of rotatable bonds is 4. The van der Waals surface area contributed by atoms with Crippen molar-refractivity contribution in [3.63, 3.8) is 0 Å². The zero-order valence-electron chi connectivity index (χ0n) is 11.3. The number of nitrogens with two attached hydrogens (primary N) is 1. The van der Waals surface area contributed by atoms with E-state index < -0.39 is 0 Å². The van der Waals surface area contributed by atoms with Gasteiger partial charge in [0.05, 0.1) is 13.2 Å².